The molecule has 1 fully saturated rings. The van der Waals surface area contributed by atoms with E-state index >= 15 is 0 Å². The zero-order valence-corrected chi connectivity index (χ0v) is 11.2. The van der Waals surface area contributed by atoms with Crippen LogP contribution in [0.4, 0.5) is 5.69 Å². The molecule has 1 saturated heterocycles. The van der Waals surface area contributed by atoms with Crippen molar-refractivity contribution >= 4 is 39.1 Å². The Morgan fingerprint density at radius 1 is 1.25 bits per heavy atom. The van der Waals surface area contributed by atoms with Gasteiger partial charge >= 0.3 is 0 Å². The van der Waals surface area contributed by atoms with E-state index in [4.69, 9.17) is 11.6 Å². The van der Waals surface area contributed by atoms with Crippen molar-refractivity contribution in [3.63, 3.8) is 0 Å². The maximum absolute atomic E-state index is 11.9. The third-order valence-electron chi connectivity index (χ3n) is 2.80. The van der Waals surface area contributed by atoms with Crippen molar-refractivity contribution in [2.45, 2.75) is 25.7 Å². The number of hydrogen-bond acceptors (Lipinski definition) is 1. The minimum absolute atomic E-state index is 0.195. The first kappa shape index (κ1) is 11.9. The Balaban J connectivity index is 2.34. The molecule has 0 unspecified atom stereocenters. The molecule has 16 heavy (non-hydrogen) atoms. The van der Waals surface area contributed by atoms with Crippen molar-refractivity contribution in [1.29, 1.82) is 0 Å². The molecule has 1 aliphatic rings. The standard InChI is InChI=1S/C12H13BrClNO/c13-12-9(14)5-4-6-10(12)15-8-3-1-2-7-11(15)16/h4-6H,1-3,7-8H2. The fourth-order valence-corrected chi connectivity index (χ4v) is 2.59. The van der Waals surface area contributed by atoms with Gasteiger partial charge in [-0.25, -0.2) is 0 Å². The third-order valence-corrected chi connectivity index (χ3v) is 4.17. The predicted molar refractivity (Wildman–Crippen MR) is 70.0 cm³/mol. The highest BCUT2D eigenvalue weighted by molar-refractivity contribution is 9.10. The summed E-state index contributed by atoms with van der Waals surface area (Å²) in [7, 11) is 0. The molecular formula is C12H13BrClNO. The molecule has 0 bridgehead atoms. The summed E-state index contributed by atoms with van der Waals surface area (Å²) in [6, 6.07) is 5.62. The highest BCUT2D eigenvalue weighted by atomic mass is 79.9. The summed E-state index contributed by atoms with van der Waals surface area (Å²) >= 11 is 9.48. The summed E-state index contributed by atoms with van der Waals surface area (Å²) in [6.45, 7) is 0.789. The van der Waals surface area contributed by atoms with Crippen LogP contribution in [-0.4, -0.2) is 12.5 Å². The van der Waals surface area contributed by atoms with Crippen LogP contribution in [0.2, 0.25) is 5.02 Å². The minimum atomic E-state index is 0.195. The van der Waals surface area contributed by atoms with Crippen LogP contribution in [0.3, 0.4) is 0 Å². The summed E-state index contributed by atoms with van der Waals surface area (Å²) in [5.74, 6) is 0.195. The molecule has 1 aliphatic heterocycles. The van der Waals surface area contributed by atoms with Gasteiger partial charge in [0.05, 0.1) is 15.2 Å². The second-order valence-electron chi connectivity index (χ2n) is 3.93. The second-order valence-corrected chi connectivity index (χ2v) is 5.13. The van der Waals surface area contributed by atoms with E-state index in [-0.39, 0.29) is 5.91 Å². The lowest BCUT2D eigenvalue weighted by Gasteiger charge is -2.22. The zero-order valence-electron chi connectivity index (χ0n) is 8.88. The molecule has 0 saturated carbocycles. The van der Waals surface area contributed by atoms with E-state index in [2.05, 4.69) is 15.9 Å². The molecule has 1 heterocycles. The fraction of sp³-hybridized carbons (Fsp3) is 0.417. The van der Waals surface area contributed by atoms with Crippen molar-refractivity contribution in [2.24, 2.45) is 0 Å². The molecule has 1 aromatic rings. The number of carbonyl (C=O) groups excluding carboxylic acids is 1. The van der Waals surface area contributed by atoms with Crippen LogP contribution in [0, 0.1) is 0 Å². The lowest BCUT2D eigenvalue weighted by atomic mass is 10.2. The average Bonchev–Trinajstić information content (AvgIpc) is 2.47. The molecule has 0 atom stereocenters. The number of nitrogens with zero attached hydrogens (tertiary/aromatic N) is 1. The van der Waals surface area contributed by atoms with Gasteiger partial charge in [0.2, 0.25) is 5.91 Å². The molecule has 1 aromatic carbocycles. The van der Waals surface area contributed by atoms with Crippen LogP contribution in [0.1, 0.15) is 25.7 Å². The van der Waals surface area contributed by atoms with Crippen molar-refractivity contribution < 1.29 is 4.79 Å². The average molecular weight is 303 g/mol. The Hall–Kier alpha value is -0.540. The largest absolute Gasteiger partial charge is 0.311 e. The molecule has 4 heteroatoms. The van der Waals surface area contributed by atoms with Gasteiger partial charge in [-0.2, -0.15) is 0 Å². The molecule has 1 amide bonds. The maximum Gasteiger partial charge on any atom is 0.227 e. The molecule has 0 N–H and O–H groups in total. The second kappa shape index (κ2) is 5.19. The van der Waals surface area contributed by atoms with Gasteiger partial charge in [0.1, 0.15) is 0 Å². The highest BCUT2D eigenvalue weighted by Crippen LogP contribution is 2.34. The molecule has 0 aromatic heterocycles. The first-order valence-corrected chi connectivity index (χ1v) is 6.61. The maximum atomic E-state index is 11.9. The Bertz CT molecular complexity index is 408. The zero-order chi connectivity index (χ0) is 11.5. The first-order chi connectivity index (χ1) is 7.70. The third kappa shape index (κ3) is 2.41. The number of hydrogen-bond donors (Lipinski definition) is 0. The van der Waals surface area contributed by atoms with Gasteiger partial charge in [-0.1, -0.05) is 24.1 Å². The van der Waals surface area contributed by atoms with Crippen molar-refractivity contribution in [2.75, 3.05) is 11.4 Å². The van der Waals surface area contributed by atoms with E-state index in [0.717, 1.165) is 36.0 Å². The Morgan fingerprint density at radius 3 is 2.88 bits per heavy atom. The van der Waals surface area contributed by atoms with E-state index < -0.39 is 0 Å². The summed E-state index contributed by atoms with van der Waals surface area (Å²) in [5.41, 5.74) is 0.888. The SMILES string of the molecule is O=C1CCCCCN1c1cccc(Cl)c1Br. The van der Waals surface area contributed by atoms with Gasteiger partial charge < -0.3 is 4.90 Å². The van der Waals surface area contributed by atoms with Crippen LogP contribution in [0.25, 0.3) is 0 Å². The van der Waals surface area contributed by atoms with E-state index in [0.29, 0.717) is 11.4 Å². The van der Waals surface area contributed by atoms with Gasteiger partial charge in [-0.3, -0.25) is 4.79 Å². The van der Waals surface area contributed by atoms with E-state index in [1.165, 1.54) is 0 Å². The van der Waals surface area contributed by atoms with Gasteiger partial charge in [0, 0.05) is 13.0 Å². The normalized spacial score (nSPS) is 17.4. The van der Waals surface area contributed by atoms with Crippen molar-refractivity contribution in [3.05, 3.63) is 27.7 Å². The monoisotopic (exact) mass is 301 g/mol. The minimum Gasteiger partial charge on any atom is -0.311 e. The van der Waals surface area contributed by atoms with Crippen LogP contribution in [0.5, 0.6) is 0 Å². The quantitative estimate of drug-likeness (QED) is 0.767. The summed E-state index contributed by atoms with van der Waals surface area (Å²) < 4.78 is 0.812. The van der Waals surface area contributed by atoms with Gasteiger partial charge in [0.25, 0.3) is 0 Å². The lowest BCUT2D eigenvalue weighted by Crippen LogP contribution is -2.30. The molecule has 0 spiro atoms. The fourth-order valence-electron chi connectivity index (χ4n) is 1.94. The van der Waals surface area contributed by atoms with E-state index in [9.17, 15) is 4.79 Å². The first-order valence-electron chi connectivity index (χ1n) is 5.44. The molecular weight excluding hydrogens is 289 g/mol. The Labute approximate surface area is 109 Å². The van der Waals surface area contributed by atoms with Gasteiger partial charge in [-0.15, -0.1) is 0 Å². The number of carbonyl (C=O) groups is 1. The molecule has 2 rings (SSSR count). The number of amides is 1. The predicted octanol–water partition coefficient (Wildman–Crippen LogP) is 4.01. The Kier molecular flexibility index (Phi) is 3.87. The topological polar surface area (TPSA) is 20.3 Å². The molecule has 0 radical (unpaired) electrons. The van der Waals surface area contributed by atoms with Crippen LogP contribution in [-0.2, 0) is 4.79 Å². The highest BCUT2D eigenvalue weighted by Gasteiger charge is 2.20. The van der Waals surface area contributed by atoms with Crippen LogP contribution in [0.15, 0.2) is 22.7 Å². The van der Waals surface area contributed by atoms with Gasteiger partial charge in [-0.05, 0) is 40.9 Å². The molecule has 86 valence electrons. The summed E-state index contributed by atoms with van der Waals surface area (Å²) in [4.78, 5) is 13.8. The van der Waals surface area contributed by atoms with Gasteiger partial charge in [0.15, 0.2) is 0 Å². The summed E-state index contributed by atoms with van der Waals surface area (Å²) in [6.07, 6.45) is 3.82. The molecule has 2 nitrogen and oxygen atoms in total. The molecule has 0 aliphatic carbocycles. The Morgan fingerprint density at radius 2 is 2.06 bits per heavy atom. The van der Waals surface area contributed by atoms with Crippen molar-refractivity contribution in [1.82, 2.24) is 0 Å². The van der Waals surface area contributed by atoms with Crippen molar-refractivity contribution in [3.8, 4) is 0 Å². The summed E-state index contributed by atoms with van der Waals surface area (Å²) in [5, 5.41) is 0.648. The number of benzene rings is 1. The smallest absolute Gasteiger partial charge is 0.227 e. The van der Waals surface area contributed by atoms with E-state index in [1.807, 2.05) is 23.1 Å². The van der Waals surface area contributed by atoms with Crippen LogP contribution >= 0.6 is 27.5 Å². The lowest BCUT2D eigenvalue weighted by molar-refractivity contribution is -0.118. The number of rotatable bonds is 1. The van der Waals surface area contributed by atoms with Crippen LogP contribution < -0.4 is 4.90 Å². The number of anilines is 1. The number of halogens is 2. The van der Waals surface area contributed by atoms with E-state index in [1.54, 1.807) is 0 Å².